The molecule has 0 spiro atoms. The lowest BCUT2D eigenvalue weighted by molar-refractivity contribution is -0.119. The van der Waals surface area contributed by atoms with Gasteiger partial charge in [-0.3, -0.25) is 4.79 Å². The van der Waals surface area contributed by atoms with Crippen LogP contribution in [0.1, 0.15) is 25.5 Å². The molecule has 5 heteroatoms. The summed E-state index contributed by atoms with van der Waals surface area (Å²) in [4.78, 5) is 13.4. The van der Waals surface area contributed by atoms with E-state index in [0.717, 1.165) is 5.69 Å². The number of benzene rings is 1. The number of hydrogen-bond donors (Lipinski definition) is 2. The summed E-state index contributed by atoms with van der Waals surface area (Å²) in [5.74, 6) is 0.569. The molecule has 1 aromatic rings. The summed E-state index contributed by atoms with van der Waals surface area (Å²) < 4.78 is 5.26. The van der Waals surface area contributed by atoms with E-state index >= 15 is 0 Å². The first-order valence-corrected chi connectivity index (χ1v) is 6.34. The largest absolute Gasteiger partial charge is 0.496 e. The van der Waals surface area contributed by atoms with Gasteiger partial charge in [0.15, 0.2) is 0 Å². The van der Waals surface area contributed by atoms with Crippen LogP contribution in [0.25, 0.3) is 0 Å². The Morgan fingerprint density at radius 1 is 1.53 bits per heavy atom. The summed E-state index contributed by atoms with van der Waals surface area (Å²) in [5.41, 5.74) is 1.48. The van der Waals surface area contributed by atoms with E-state index in [1.807, 2.05) is 26.1 Å². The molecule has 0 aliphatic heterocycles. The number of amides is 1. The van der Waals surface area contributed by atoms with Gasteiger partial charge in [0, 0.05) is 24.8 Å². The van der Waals surface area contributed by atoms with Crippen LogP contribution in [0.5, 0.6) is 5.75 Å². The quantitative estimate of drug-likeness (QED) is 0.815. The molecule has 1 atom stereocenters. The molecular formula is C14H22N2O3. The number of ether oxygens (including phenoxy) is 1. The lowest BCUT2D eigenvalue weighted by Gasteiger charge is -2.24. The minimum atomic E-state index is -0.664. The van der Waals surface area contributed by atoms with Crippen molar-refractivity contribution in [3.05, 3.63) is 23.8 Å². The molecule has 0 radical (unpaired) electrons. The Kier molecular flexibility index (Phi) is 5.63. The molecule has 0 saturated carbocycles. The number of carbonyl (C=O) groups excluding carboxylic acids is 1. The Morgan fingerprint density at radius 3 is 2.74 bits per heavy atom. The Balaban J connectivity index is 3.02. The van der Waals surface area contributed by atoms with Gasteiger partial charge in [-0.25, -0.2) is 0 Å². The highest BCUT2D eigenvalue weighted by Gasteiger charge is 2.17. The summed E-state index contributed by atoms with van der Waals surface area (Å²) in [6.45, 7) is 4.40. The molecule has 0 aliphatic rings. The van der Waals surface area contributed by atoms with Crippen LogP contribution in [0.3, 0.4) is 0 Å². The molecule has 0 aromatic heterocycles. The molecule has 0 saturated heterocycles. The van der Waals surface area contributed by atoms with Crippen LogP contribution in [0, 0.1) is 0 Å². The number of rotatable bonds is 6. The SMILES string of the molecule is CCNC(=O)CN(C)c1cccc(OC)c1[C@H](C)O. The van der Waals surface area contributed by atoms with Gasteiger partial charge in [-0.2, -0.15) is 0 Å². The maximum absolute atomic E-state index is 11.6. The maximum atomic E-state index is 11.6. The van der Waals surface area contributed by atoms with Crippen molar-refractivity contribution in [3.8, 4) is 5.75 Å². The van der Waals surface area contributed by atoms with Crippen LogP contribution in [-0.4, -0.2) is 38.3 Å². The second-order valence-electron chi connectivity index (χ2n) is 4.38. The number of anilines is 1. The smallest absolute Gasteiger partial charge is 0.239 e. The van der Waals surface area contributed by atoms with Crippen molar-refractivity contribution in [2.75, 3.05) is 32.1 Å². The Bertz CT molecular complexity index is 433. The van der Waals surface area contributed by atoms with E-state index in [4.69, 9.17) is 4.74 Å². The van der Waals surface area contributed by atoms with Gasteiger partial charge in [0.25, 0.3) is 0 Å². The van der Waals surface area contributed by atoms with E-state index in [1.165, 1.54) is 0 Å². The zero-order valence-electron chi connectivity index (χ0n) is 11.9. The van der Waals surface area contributed by atoms with Crippen molar-refractivity contribution in [2.45, 2.75) is 20.0 Å². The first-order valence-electron chi connectivity index (χ1n) is 6.34. The number of nitrogens with zero attached hydrogens (tertiary/aromatic N) is 1. The number of likely N-dealkylation sites (N-methyl/N-ethyl adjacent to an activating group) is 2. The van der Waals surface area contributed by atoms with E-state index in [9.17, 15) is 9.90 Å². The average molecular weight is 266 g/mol. The molecule has 106 valence electrons. The van der Waals surface area contributed by atoms with Crippen LogP contribution in [0.15, 0.2) is 18.2 Å². The van der Waals surface area contributed by atoms with Crippen molar-refractivity contribution in [2.24, 2.45) is 0 Å². The fourth-order valence-corrected chi connectivity index (χ4v) is 2.02. The van der Waals surface area contributed by atoms with Gasteiger partial charge in [-0.15, -0.1) is 0 Å². The van der Waals surface area contributed by atoms with Gasteiger partial charge in [-0.05, 0) is 26.0 Å². The van der Waals surface area contributed by atoms with Crippen LogP contribution >= 0.6 is 0 Å². The third-order valence-electron chi connectivity index (χ3n) is 2.85. The van der Waals surface area contributed by atoms with Gasteiger partial charge < -0.3 is 20.1 Å². The van der Waals surface area contributed by atoms with Crippen molar-refractivity contribution < 1.29 is 14.6 Å². The number of methoxy groups -OCH3 is 1. The summed E-state index contributed by atoms with van der Waals surface area (Å²) >= 11 is 0. The second kappa shape index (κ2) is 6.99. The molecule has 1 aromatic carbocycles. The minimum absolute atomic E-state index is 0.0515. The normalized spacial score (nSPS) is 11.8. The monoisotopic (exact) mass is 266 g/mol. The topological polar surface area (TPSA) is 61.8 Å². The van der Waals surface area contributed by atoms with Crippen molar-refractivity contribution in [1.29, 1.82) is 0 Å². The highest BCUT2D eigenvalue weighted by Crippen LogP contribution is 2.33. The van der Waals surface area contributed by atoms with Crippen LogP contribution in [0.4, 0.5) is 5.69 Å². The molecule has 1 amide bonds. The molecule has 0 heterocycles. The molecule has 2 N–H and O–H groups in total. The van der Waals surface area contributed by atoms with E-state index in [-0.39, 0.29) is 12.5 Å². The summed E-state index contributed by atoms with van der Waals surface area (Å²) in [5, 5.41) is 12.6. The predicted molar refractivity (Wildman–Crippen MR) is 75.6 cm³/mol. The lowest BCUT2D eigenvalue weighted by atomic mass is 10.1. The molecule has 0 bridgehead atoms. The number of carbonyl (C=O) groups is 1. The first-order chi connectivity index (χ1) is 9.01. The van der Waals surface area contributed by atoms with Crippen LogP contribution in [-0.2, 0) is 4.79 Å². The molecule has 19 heavy (non-hydrogen) atoms. The number of aliphatic hydroxyl groups excluding tert-OH is 1. The van der Waals surface area contributed by atoms with Crippen molar-refractivity contribution in [1.82, 2.24) is 5.32 Å². The van der Waals surface area contributed by atoms with Crippen molar-refractivity contribution >= 4 is 11.6 Å². The molecule has 0 unspecified atom stereocenters. The maximum Gasteiger partial charge on any atom is 0.239 e. The zero-order valence-corrected chi connectivity index (χ0v) is 11.9. The lowest BCUT2D eigenvalue weighted by Crippen LogP contribution is -2.35. The molecule has 5 nitrogen and oxygen atoms in total. The number of hydrogen-bond acceptors (Lipinski definition) is 4. The molecular weight excluding hydrogens is 244 g/mol. The standard InChI is InChI=1S/C14H22N2O3/c1-5-15-13(18)9-16(3)11-7-6-8-12(19-4)14(11)10(2)17/h6-8,10,17H,5,9H2,1-4H3,(H,15,18)/t10-/m0/s1. The Hall–Kier alpha value is -1.75. The number of nitrogens with one attached hydrogen (secondary N) is 1. The average Bonchev–Trinajstić information content (AvgIpc) is 2.37. The fraction of sp³-hybridized carbons (Fsp3) is 0.500. The third kappa shape index (κ3) is 3.86. The molecule has 1 rings (SSSR count). The van der Waals surface area contributed by atoms with Gasteiger partial charge in [0.1, 0.15) is 5.75 Å². The molecule has 0 aliphatic carbocycles. The van der Waals surface area contributed by atoms with E-state index in [1.54, 1.807) is 25.0 Å². The minimum Gasteiger partial charge on any atom is -0.496 e. The highest BCUT2D eigenvalue weighted by molar-refractivity contribution is 5.81. The molecule has 0 fully saturated rings. The van der Waals surface area contributed by atoms with Crippen molar-refractivity contribution in [3.63, 3.8) is 0 Å². The van der Waals surface area contributed by atoms with Crippen LogP contribution < -0.4 is 15.0 Å². The van der Waals surface area contributed by atoms with Gasteiger partial charge in [0.2, 0.25) is 5.91 Å². The summed E-state index contributed by atoms with van der Waals surface area (Å²) in [6.07, 6.45) is -0.664. The van der Waals surface area contributed by atoms with Gasteiger partial charge in [-0.1, -0.05) is 6.07 Å². The zero-order chi connectivity index (χ0) is 14.4. The fourth-order valence-electron chi connectivity index (χ4n) is 2.02. The van der Waals surface area contributed by atoms with Crippen LogP contribution in [0.2, 0.25) is 0 Å². The Morgan fingerprint density at radius 2 is 2.21 bits per heavy atom. The third-order valence-corrected chi connectivity index (χ3v) is 2.85. The summed E-state index contributed by atoms with van der Waals surface area (Å²) in [7, 11) is 3.38. The van der Waals surface area contributed by atoms with E-state index in [0.29, 0.717) is 17.9 Å². The number of aliphatic hydroxyl groups is 1. The van der Waals surface area contributed by atoms with Gasteiger partial charge in [0.05, 0.1) is 19.8 Å². The second-order valence-corrected chi connectivity index (χ2v) is 4.38. The first kappa shape index (κ1) is 15.3. The van der Waals surface area contributed by atoms with E-state index in [2.05, 4.69) is 5.32 Å². The van der Waals surface area contributed by atoms with E-state index < -0.39 is 6.10 Å². The predicted octanol–water partition coefficient (Wildman–Crippen LogP) is 1.32. The van der Waals surface area contributed by atoms with Gasteiger partial charge >= 0.3 is 0 Å². The summed E-state index contributed by atoms with van der Waals surface area (Å²) in [6, 6.07) is 5.50. The highest BCUT2D eigenvalue weighted by atomic mass is 16.5. The Labute approximate surface area is 114 Å².